The number of hydrogen-bond donors (Lipinski definition) is 1. The van der Waals surface area contributed by atoms with Gasteiger partial charge in [-0.2, -0.15) is 0 Å². The molecule has 5 heteroatoms. The van der Waals surface area contributed by atoms with E-state index in [0.29, 0.717) is 22.0 Å². The molecule has 1 amide bonds. The minimum absolute atomic E-state index is 0.322. The topological polar surface area (TPSA) is 38.3 Å². The Kier molecular flexibility index (Phi) is 4.71. The summed E-state index contributed by atoms with van der Waals surface area (Å²) in [6.07, 6.45) is 0. The number of anilines is 1. The lowest BCUT2D eigenvalue weighted by Gasteiger charge is -2.25. The Morgan fingerprint density at radius 1 is 1.18 bits per heavy atom. The van der Waals surface area contributed by atoms with E-state index in [-0.39, 0.29) is 11.7 Å². The number of rotatable bonds is 4. The van der Waals surface area contributed by atoms with Crippen LogP contribution in [0, 0.1) is 12.7 Å². The van der Waals surface area contributed by atoms with Crippen LogP contribution in [0.1, 0.15) is 19.4 Å². The highest BCUT2D eigenvalue weighted by Crippen LogP contribution is 2.23. The van der Waals surface area contributed by atoms with Crippen molar-refractivity contribution in [2.75, 3.05) is 5.32 Å². The van der Waals surface area contributed by atoms with Gasteiger partial charge in [0.25, 0.3) is 5.91 Å². The number of amides is 1. The van der Waals surface area contributed by atoms with E-state index in [2.05, 4.69) is 5.32 Å². The third kappa shape index (κ3) is 3.98. The lowest BCUT2D eigenvalue weighted by atomic mass is 10.1. The van der Waals surface area contributed by atoms with Crippen LogP contribution in [-0.4, -0.2) is 11.5 Å². The first-order valence-electron chi connectivity index (χ1n) is 6.80. The summed E-state index contributed by atoms with van der Waals surface area (Å²) in [5.74, 6) is -0.121. The number of carbonyl (C=O) groups excluding carboxylic acids is 1. The maximum atomic E-state index is 13.1. The van der Waals surface area contributed by atoms with Crippen molar-refractivity contribution < 1.29 is 13.9 Å². The lowest BCUT2D eigenvalue weighted by Crippen LogP contribution is -2.42. The first-order chi connectivity index (χ1) is 10.3. The number of ether oxygens (including phenoxy) is 1. The summed E-state index contributed by atoms with van der Waals surface area (Å²) in [7, 11) is 0. The van der Waals surface area contributed by atoms with Gasteiger partial charge < -0.3 is 10.1 Å². The molecule has 0 saturated carbocycles. The standard InChI is InChI=1S/C17H17ClFNO2/c1-11-10-13(19)6-9-15(11)20-16(21)17(2,3)22-14-7-4-12(18)5-8-14/h4-10H,1-3H3,(H,20,21). The van der Waals surface area contributed by atoms with Gasteiger partial charge in [0.05, 0.1) is 0 Å². The smallest absolute Gasteiger partial charge is 0.267 e. The molecule has 0 bridgehead atoms. The zero-order valence-electron chi connectivity index (χ0n) is 12.6. The van der Waals surface area contributed by atoms with Crippen molar-refractivity contribution in [3.63, 3.8) is 0 Å². The Morgan fingerprint density at radius 2 is 1.82 bits per heavy atom. The van der Waals surface area contributed by atoms with Gasteiger partial charge in [-0.15, -0.1) is 0 Å². The number of benzene rings is 2. The van der Waals surface area contributed by atoms with Gasteiger partial charge in [0, 0.05) is 10.7 Å². The summed E-state index contributed by atoms with van der Waals surface area (Å²) in [6.45, 7) is 5.05. The maximum Gasteiger partial charge on any atom is 0.267 e. The van der Waals surface area contributed by atoms with E-state index >= 15 is 0 Å². The van der Waals surface area contributed by atoms with Crippen LogP contribution in [-0.2, 0) is 4.79 Å². The van der Waals surface area contributed by atoms with Crippen molar-refractivity contribution in [3.05, 3.63) is 58.9 Å². The van der Waals surface area contributed by atoms with Gasteiger partial charge in [-0.1, -0.05) is 11.6 Å². The zero-order chi connectivity index (χ0) is 16.3. The van der Waals surface area contributed by atoms with E-state index in [0.717, 1.165) is 0 Å². The third-order valence-electron chi connectivity index (χ3n) is 3.17. The molecule has 0 saturated heterocycles. The summed E-state index contributed by atoms with van der Waals surface area (Å²) in [6, 6.07) is 11.0. The van der Waals surface area contributed by atoms with Gasteiger partial charge in [-0.25, -0.2) is 4.39 Å². The molecule has 2 aromatic rings. The largest absolute Gasteiger partial charge is 0.478 e. The molecule has 1 N–H and O–H groups in total. The molecule has 0 aliphatic carbocycles. The summed E-state index contributed by atoms with van der Waals surface area (Å²) in [5, 5.41) is 3.35. The van der Waals surface area contributed by atoms with E-state index in [4.69, 9.17) is 16.3 Å². The van der Waals surface area contributed by atoms with Crippen LogP contribution in [0.5, 0.6) is 5.75 Å². The molecular weight excluding hydrogens is 305 g/mol. The normalized spacial score (nSPS) is 11.1. The van der Waals surface area contributed by atoms with Gasteiger partial charge in [-0.05, 0) is 68.8 Å². The van der Waals surface area contributed by atoms with Crippen molar-refractivity contribution in [2.45, 2.75) is 26.4 Å². The van der Waals surface area contributed by atoms with Crippen molar-refractivity contribution in [2.24, 2.45) is 0 Å². The Bertz CT molecular complexity index is 684. The molecule has 0 fully saturated rings. The molecule has 0 spiro atoms. The number of nitrogens with one attached hydrogen (secondary N) is 1. The molecular formula is C17H17ClFNO2. The van der Waals surface area contributed by atoms with Crippen LogP contribution >= 0.6 is 11.6 Å². The quantitative estimate of drug-likeness (QED) is 0.895. The van der Waals surface area contributed by atoms with Crippen LogP contribution < -0.4 is 10.1 Å². The second-order valence-electron chi connectivity index (χ2n) is 5.48. The van der Waals surface area contributed by atoms with E-state index in [1.54, 1.807) is 45.0 Å². The second kappa shape index (κ2) is 6.36. The molecule has 116 valence electrons. The zero-order valence-corrected chi connectivity index (χ0v) is 13.4. The maximum absolute atomic E-state index is 13.1. The average molecular weight is 322 g/mol. The van der Waals surface area contributed by atoms with Crippen LogP contribution in [0.25, 0.3) is 0 Å². The Morgan fingerprint density at radius 3 is 2.41 bits per heavy atom. The van der Waals surface area contributed by atoms with Gasteiger partial charge in [0.15, 0.2) is 5.60 Å². The number of aryl methyl sites for hydroxylation is 1. The first-order valence-corrected chi connectivity index (χ1v) is 7.18. The monoisotopic (exact) mass is 321 g/mol. The lowest BCUT2D eigenvalue weighted by molar-refractivity contribution is -0.128. The fourth-order valence-electron chi connectivity index (χ4n) is 1.88. The van der Waals surface area contributed by atoms with E-state index < -0.39 is 5.60 Å². The highest BCUT2D eigenvalue weighted by Gasteiger charge is 2.30. The van der Waals surface area contributed by atoms with Gasteiger partial charge in [-0.3, -0.25) is 4.79 Å². The van der Waals surface area contributed by atoms with E-state index in [1.165, 1.54) is 18.2 Å². The summed E-state index contributed by atoms with van der Waals surface area (Å²) in [4.78, 5) is 12.4. The van der Waals surface area contributed by atoms with Crippen LogP contribution in [0.4, 0.5) is 10.1 Å². The van der Waals surface area contributed by atoms with Gasteiger partial charge in [0.2, 0.25) is 0 Å². The highest BCUT2D eigenvalue weighted by molar-refractivity contribution is 6.30. The second-order valence-corrected chi connectivity index (χ2v) is 5.92. The summed E-state index contributed by atoms with van der Waals surface area (Å²) >= 11 is 5.82. The van der Waals surface area contributed by atoms with Crippen LogP contribution in [0.15, 0.2) is 42.5 Å². The Hall–Kier alpha value is -2.07. The van der Waals surface area contributed by atoms with Crippen molar-refractivity contribution in [1.29, 1.82) is 0 Å². The molecule has 0 unspecified atom stereocenters. The van der Waals surface area contributed by atoms with Crippen molar-refractivity contribution in [1.82, 2.24) is 0 Å². The van der Waals surface area contributed by atoms with Gasteiger partial charge >= 0.3 is 0 Å². The predicted molar refractivity (Wildman–Crippen MR) is 85.9 cm³/mol. The molecule has 0 heterocycles. The number of carbonyl (C=O) groups is 1. The average Bonchev–Trinajstić information content (AvgIpc) is 2.44. The van der Waals surface area contributed by atoms with E-state index in [1.807, 2.05) is 0 Å². The molecule has 0 aliphatic heterocycles. The fraction of sp³-hybridized carbons (Fsp3) is 0.235. The van der Waals surface area contributed by atoms with Crippen molar-refractivity contribution in [3.8, 4) is 5.75 Å². The minimum Gasteiger partial charge on any atom is -0.478 e. The molecule has 0 radical (unpaired) electrons. The number of halogens is 2. The Labute approximate surface area is 134 Å². The van der Waals surface area contributed by atoms with Crippen LogP contribution in [0.2, 0.25) is 5.02 Å². The first kappa shape index (κ1) is 16.3. The van der Waals surface area contributed by atoms with Crippen LogP contribution in [0.3, 0.4) is 0 Å². The minimum atomic E-state index is -1.09. The molecule has 0 aromatic heterocycles. The summed E-state index contributed by atoms with van der Waals surface area (Å²) < 4.78 is 18.8. The molecule has 0 atom stereocenters. The molecule has 22 heavy (non-hydrogen) atoms. The predicted octanol–water partition coefficient (Wildman–Crippen LogP) is 4.58. The third-order valence-corrected chi connectivity index (χ3v) is 3.42. The SMILES string of the molecule is Cc1cc(F)ccc1NC(=O)C(C)(C)Oc1ccc(Cl)cc1. The Balaban J connectivity index is 2.11. The van der Waals surface area contributed by atoms with Gasteiger partial charge in [0.1, 0.15) is 11.6 Å². The molecule has 2 aromatic carbocycles. The molecule has 0 aliphatic rings. The highest BCUT2D eigenvalue weighted by atomic mass is 35.5. The van der Waals surface area contributed by atoms with Crippen molar-refractivity contribution >= 4 is 23.2 Å². The molecule has 3 nitrogen and oxygen atoms in total. The number of hydrogen-bond acceptors (Lipinski definition) is 2. The fourth-order valence-corrected chi connectivity index (χ4v) is 2.01. The molecule has 2 rings (SSSR count). The summed E-state index contributed by atoms with van der Waals surface area (Å²) in [5.41, 5.74) is 0.115. The van der Waals surface area contributed by atoms with E-state index in [9.17, 15) is 9.18 Å².